The summed E-state index contributed by atoms with van der Waals surface area (Å²) in [5.74, 6) is 0. The van der Waals surface area contributed by atoms with Crippen molar-refractivity contribution in [1.29, 1.82) is 0 Å². The molecule has 0 radical (unpaired) electrons. The molecule has 2 N–H and O–H groups in total. The molecule has 3 rings (SSSR count). The van der Waals surface area contributed by atoms with Crippen molar-refractivity contribution < 1.29 is 4.74 Å². The van der Waals surface area contributed by atoms with Crippen LogP contribution in [0.15, 0.2) is 29.6 Å². The maximum Gasteiger partial charge on any atom is 0.113 e. The van der Waals surface area contributed by atoms with E-state index in [1.807, 2.05) is 0 Å². The van der Waals surface area contributed by atoms with Crippen molar-refractivity contribution in [3.05, 3.63) is 40.2 Å². The van der Waals surface area contributed by atoms with Gasteiger partial charge in [-0.1, -0.05) is 24.3 Å². The number of nitrogens with two attached hydrogens (primary N) is 1. The lowest BCUT2D eigenvalue weighted by Gasteiger charge is -2.35. The predicted molar refractivity (Wildman–Crippen MR) is 82.8 cm³/mol. The maximum atomic E-state index is 6.33. The van der Waals surface area contributed by atoms with Crippen LogP contribution in [0.3, 0.4) is 0 Å². The summed E-state index contributed by atoms with van der Waals surface area (Å²) in [6, 6.07) is 8.56. The third kappa shape index (κ3) is 2.64. The largest absolute Gasteiger partial charge is 0.384 e. The van der Waals surface area contributed by atoms with Gasteiger partial charge in [0.05, 0.1) is 17.8 Å². The van der Waals surface area contributed by atoms with Crippen LogP contribution in [0, 0.1) is 0 Å². The number of benzene rings is 1. The number of thiazole rings is 1. The lowest BCUT2D eigenvalue weighted by atomic mass is 9.78. The van der Waals surface area contributed by atoms with Crippen molar-refractivity contribution in [3.8, 4) is 11.3 Å². The zero-order valence-corrected chi connectivity index (χ0v) is 12.6. The van der Waals surface area contributed by atoms with E-state index in [1.54, 1.807) is 18.4 Å². The van der Waals surface area contributed by atoms with Gasteiger partial charge >= 0.3 is 0 Å². The fourth-order valence-corrected chi connectivity index (χ4v) is 3.47. The Labute approximate surface area is 123 Å². The molecule has 0 saturated heterocycles. The molecule has 0 spiro atoms. The Kier molecular flexibility index (Phi) is 3.87. The van der Waals surface area contributed by atoms with Gasteiger partial charge in [0.1, 0.15) is 5.01 Å². The van der Waals surface area contributed by atoms with Gasteiger partial charge < -0.3 is 10.5 Å². The molecule has 20 heavy (non-hydrogen) atoms. The van der Waals surface area contributed by atoms with Crippen LogP contribution in [0.2, 0.25) is 0 Å². The van der Waals surface area contributed by atoms with Crippen molar-refractivity contribution >= 4 is 11.3 Å². The first-order valence-corrected chi connectivity index (χ1v) is 7.92. The Morgan fingerprint density at radius 1 is 1.30 bits per heavy atom. The van der Waals surface area contributed by atoms with Gasteiger partial charge in [-0.2, -0.15) is 0 Å². The van der Waals surface area contributed by atoms with Gasteiger partial charge in [-0.25, -0.2) is 4.98 Å². The van der Waals surface area contributed by atoms with Crippen LogP contribution in [0.5, 0.6) is 0 Å². The number of nitrogens with zero attached hydrogens (tertiary/aromatic N) is 1. The highest BCUT2D eigenvalue weighted by Crippen LogP contribution is 2.41. The molecular formula is C16H20N2OS. The zero-order chi connectivity index (χ0) is 14.0. The van der Waals surface area contributed by atoms with Crippen LogP contribution in [0.4, 0.5) is 0 Å². The molecule has 0 unspecified atom stereocenters. The molecule has 1 aliphatic carbocycles. The summed E-state index contributed by atoms with van der Waals surface area (Å²) < 4.78 is 5.10. The summed E-state index contributed by atoms with van der Waals surface area (Å²) in [7, 11) is 1.73. The highest BCUT2D eigenvalue weighted by Gasteiger charge is 2.37. The lowest BCUT2D eigenvalue weighted by Crippen LogP contribution is -2.43. The second kappa shape index (κ2) is 5.64. The molecule has 0 amide bonds. The minimum Gasteiger partial charge on any atom is -0.384 e. The quantitative estimate of drug-likeness (QED) is 0.918. The Balaban J connectivity index is 1.76. The van der Waals surface area contributed by atoms with E-state index in [0.29, 0.717) is 0 Å². The van der Waals surface area contributed by atoms with Gasteiger partial charge in [-0.05, 0) is 31.2 Å². The van der Waals surface area contributed by atoms with E-state index >= 15 is 0 Å². The molecule has 1 heterocycles. The van der Waals surface area contributed by atoms with Crippen molar-refractivity contribution in [2.24, 2.45) is 5.73 Å². The smallest absolute Gasteiger partial charge is 0.113 e. The average molecular weight is 288 g/mol. The molecule has 106 valence electrons. The normalized spacial score (nSPS) is 16.9. The highest BCUT2D eigenvalue weighted by atomic mass is 32.1. The van der Waals surface area contributed by atoms with Gasteiger partial charge in [0.15, 0.2) is 0 Å². The first-order chi connectivity index (χ1) is 9.71. The van der Waals surface area contributed by atoms with Crippen molar-refractivity contribution in [2.75, 3.05) is 13.7 Å². The first-order valence-electron chi connectivity index (χ1n) is 7.04. The van der Waals surface area contributed by atoms with E-state index in [0.717, 1.165) is 42.1 Å². The van der Waals surface area contributed by atoms with Crippen LogP contribution in [-0.2, 0) is 16.7 Å². The van der Waals surface area contributed by atoms with E-state index < -0.39 is 0 Å². The fourth-order valence-electron chi connectivity index (χ4n) is 2.47. The Morgan fingerprint density at radius 3 is 2.65 bits per heavy atom. The molecule has 3 nitrogen and oxygen atoms in total. The van der Waals surface area contributed by atoms with E-state index in [9.17, 15) is 0 Å². The summed E-state index contributed by atoms with van der Waals surface area (Å²) in [5, 5.41) is 3.20. The van der Waals surface area contributed by atoms with E-state index in [4.69, 9.17) is 15.5 Å². The number of rotatable bonds is 5. The standard InChI is InChI=1S/C16H20N2OS/c1-19-10-7-12-3-5-13(6-4-12)14-11-20-15(18-14)16(17)8-2-9-16/h3-6,11H,2,7-10,17H2,1H3. The third-order valence-corrected chi connectivity index (χ3v) is 5.08. The summed E-state index contributed by atoms with van der Waals surface area (Å²) >= 11 is 1.69. The number of aromatic nitrogens is 1. The molecule has 1 saturated carbocycles. The van der Waals surface area contributed by atoms with Crippen molar-refractivity contribution in [3.63, 3.8) is 0 Å². The van der Waals surface area contributed by atoms with Crippen LogP contribution in [0.25, 0.3) is 11.3 Å². The summed E-state index contributed by atoms with van der Waals surface area (Å²) in [5.41, 5.74) is 9.67. The van der Waals surface area contributed by atoms with Crippen LogP contribution < -0.4 is 5.73 Å². The summed E-state index contributed by atoms with van der Waals surface area (Å²) in [6.07, 6.45) is 4.30. The van der Waals surface area contributed by atoms with Crippen LogP contribution in [-0.4, -0.2) is 18.7 Å². The van der Waals surface area contributed by atoms with E-state index in [1.165, 1.54) is 12.0 Å². The minimum absolute atomic E-state index is 0.151. The second-order valence-corrected chi connectivity index (χ2v) is 6.35. The van der Waals surface area contributed by atoms with Gasteiger partial charge in [0.25, 0.3) is 0 Å². The maximum absolute atomic E-state index is 6.33. The van der Waals surface area contributed by atoms with Gasteiger partial charge in [-0.3, -0.25) is 0 Å². The topological polar surface area (TPSA) is 48.1 Å². The molecule has 0 bridgehead atoms. The third-order valence-electron chi connectivity index (χ3n) is 4.02. The first kappa shape index (κ1) is 13.7. The molecular weight excluding hydrogens is 268 g/mol. The van der Waals surface area contributed by atoms with E-state index in [2.05, 4.69) is 29.6 Å². The monoisotopic (exact) mass is 288 g/mol. The summed E-state index contributed by atoms with van der Waals surface area (Å²) in [6.45, 7) is 0.760. The number of methoxy groups -OCH3 is 1. The Hall–Kier alpha value is -1.23. The molecule has 1 aromatic heterocycles. The molecule has 0 atom stereocenters. The van der Waals surface area contributed by atoms with Gasteiger partial charge in [-0.15, -0.1) is 11.3 Å². The second-order valence-electron chi connectivity index (χ2n) is 5.49. The molecule has 0 aliphatic heterocycles. The average Bonchev–Trinajstić information content (AvgIpc) is 2.93. The Bertz CT molecular complexity index is 572. The van der Waals surface area contributed by atoms with Crippen LogP contribution in [0.1, 0.15) is 29.8 Å². The fraction of sp³-hybridized carbons (Fsp3) is 0.438. The highest BCUT2D eigenvalue weighted by molar-refractivity contribution is 7.10. The van der Waals surface area contributed by atoms with E-state index in [-0.39, 0.29) is 5.54 Å². The zero-order valence-electron chi connectivity index (χ0n) is 11.8. The SMILES string of the molecule is COCCc1ccc(-c2csc(C3(N)CCC3)n2)cc1. The molecule has 1 aromatic carbocycles. The lowest BCUT2D eigenvalue weighted by molar-refractivity contribution is 0.202. The van der Waals surface area contributed by atoms with Crippen molar-refractivity contribution in [1.82, 2.24) is 4.98 Å². The molecule has 1 fully saturated rings. The molecule has 4 heteroatoms. The number of ether oxygens (including phenoxy) is 1. The van der Waals surface area contributed by atoms with Gasteiger partial charge in [0, 0.05) is 18.1 Å². The van der Waals surface area contributed by atoms with Gasteiger partial charge in [0.2, 0.25) is 0 Å². The van der Waals surface area contributed by atoms with Crippen LogP contribution >= 0.6 is 11.3 Å². The predicted octanol–water partition coefficient (Wildman–Crippen LogP) is 3.34. The Morgan fingerprint density at radius 2 is 2.05 bits per heavy atom. The minimum atomic E-state index is -0.151. The molecule has 2 aromatic rings. The summed E-state index contributed by atoms with van der Waals surface area (Å²) in [4.78, 5) is 4.73. The number of hydrogen-bond acceptors (Lipinski definition) is 4. The number of hydrogen-bond donors (Lipinski definition) is 1. The molecule has 1 aliphatic rings. The van der Waals surface area contributed by atoms with Crippen molar-refractivity contribution in [2.45, 2.75) is 31.2 Å².